The fourth-order valence-electron chi connectivity index (χ4n) is 1.16. The lowest BCUT2D eigenvalue weighted by molar-refractivity contribution is 0.406. The van der Waals surface area contributed by atoms with E-state index in [4.69, 9.17) is 5.11 Å². The van der Waals surface area contributed by atoms with Gasteiger partial charge in [-0.15, -0.1) is 0 Å². The number of benzene rings is 1. The van der Waals surface area contributed by atoms with Gasteiger partial charge in [0.05, 0.1) is 0 Å². The second kappa shape index (κ2) is 4.21. The van der Waals surface area contributed by atoms with Crippen LogP contribution in [0.25, 0.3) is 0 Å². The molecule has 0 atom stereocenters. The van der Waals surface area contributed by atoms with Gasteiger partial charge in [0.2, 0.25) is 0 Å². The van der Waals surface area contributed by atoms with E-state index in [1.165, 1.54) is 0 Å². The lowest BCUT2D eigenvalue weighted by Gasteiger charge is -2.03. The molecule has 0 unspecified atom stereocenters. The predicted octanol–water partition coefficient (Wildman–Crippen LogP) is 2.66. The topological polar surface area (TPSA) is 20.2 Å². The van der Waals surface area contributed by atoms with Crippen LogP contribution >= 0.6 is 0 Å². The summed E-state index contributed by atoms with van der Waals surface area (Å²) in [6, 6.07) is 5.04. The molecule has 0 saturated heterocycles. The summed E-state index contributed by atoms with van der Waals surface area (Å²) in [5.74, 6) is -0.304. The number of aliphatic hydroxyl groups excluding tert-OH is 1. The molecule has 1 rings (SSSR count). The summed E-state index contributed by atoms with van der Waals surface area (Å²) in [7, 11) is 0. The number of aryl methyl sites for hydroxylation is 1. The summed E-state index contributed by atoms with van der Waals surface area (Å²) in [5, 5.41) is 8.65. The van der Waals surface area contributed by atoms with Gasteiger partial charge in [-0.2, -0.15) is 0 Å². The summed E-state index contributed by atoms with van der Waals surface area (Å²) >= 11 is 0. The lowest BCUT2D eigenvalue weighted by Crippen LogP contribution is -1.94. The van der Waals surface area contributed by atoms with Crippen LogP contribution in [0.15, 0.2) is 18.2 Å². The zero-order chi connectivity index (χ0) is 8.97. The van der Waals surface area contributed by atoms with Crippen LogP contribution in [0.2, 0.25) is 0 Å². The highest BCUT2D eigenvalue weighted by atomic mass is 19.1. The second-order valence-electron chi connectivity index (χ2n) is 2.70. The lowest BCUT2D eigenvalue weighted by atomic mass is 10.1. The van der Waals surface area contributed by atoms with E-state index >= 15 is 0 Å². The van der Waals surface area contributed by atoms with Crippen LogP contribution in [0, 0.1) is 12.4 Å². The molecule has 1 nitrogen and oxygen atoms in total. The van der Waals surface area contributed by atoms with Gasteiger partial charge in [-0.05, 0) is 12.0 Å². The van der Waals surface area contributed by atoms with Gasteiger partial charge in [0.15, 0.2) is 0 Å². The van der Waals surface area contributed by atoms with Crippen molar-refractivity contribution in [1.29, 1.82) is 0 Å². The van der Waals surface area contributed by atoms with Crippen LogP contribution in [0.3, 0.4) is 0 Å². The molecule has 0 aliphatic rings. The maximum Gasteiger partial charge on any atom is 0.132 e. The molecule has 1 aromatic rings. The number of hydrogen-bond donors (Lipinski definition) is 1. The fourth-order valence-corrected chi connectivity index (χ4v) is 1.16. The summed E-state index contributed by atoms with van der Waals surface area (Å²) in [4.78, 5) is 0. The normalized spacial score (nSPS) is 10.2. The molecule has 1 aromatic carbocycles. The molecule has 65 valence electrons. The summed E-state index contributed by atoms with van der Waals surface area (Å²) in [5.41, 5.74) is 0.932. The molecular weight excluding hydrogens is 155 g/mol. The van der Waals surface area contributed by atoms with Crippen LogP contribution in [0.5, 0.6) is 0 Å². The van der Waals surface area contributed by atoms with Gasteiger partial charge in [-0.3, -0.25) is 0 Å². The summed E-state index contributed by atoms with van der Waals surface area (Å²) < 4.78 is 13.3. The van der Waals surface area contributed by atoms with Gasteiger partial charge in [-0.25, -0.2) is 4.39 Å². The van der Waals surface area contributed by atoms with Crippen molar-refractivity contribution in [3.63, 3.8) is 0 Å². The maximum atomic E-state index is 13.3. The molecule has 0 fully saturated rings. The van der Waals surface area contributed by atoms with E-state index in [1.54, 1.807) is 18.2 Å². The minimum absolute atomic E-state index is 0.265. The Morgan fingerprint density at radius 2 is 2.25 bits per heavy atom. The average molecular weight is 167 g/mol. The molecule has 0 saturated carbocycles. The first-order chi connectivity index (χ1) is 5.79. The summed E-state index contributed by atoms with van der Waals surface area (Å²) in [6.45, 7) is 2.79. The van der Waals surface area contributed by atoms with Crippen molar-refractivity contribution in [2.24, 2.45) is 0 Å². The maximum absolute atomic E-state index is 13.3. The van der Waals surface area contributed by atoms with Gasteiger partial charge in [-0.1, -0.05) is 31.5 Å². The van der Waals surface area contributed by atoms with E-state index in [0.717, 1.165) is 13.0 Å². The monoisotopic (exact) mass is 167 g/mol. The van der Waals surface area contributed by atoms with E-state index in [1.807, 2.05) is 6.92 Å². The minimum atomic E-state index is -0.304. The molecular formula is C10H12FO. The first-order valence-corrected chi connectivity index (χ1v) is 4.04. The smallest absolute Gasteiger partial charge is 0.132 e. The molecule has 0 aromatic heterocycles. The van der Waals surface area contributed by atoms with E-state index < -0.39 is 0 Å². The van der Waals surface area contributed by atoms with E-state index in [-0.39, 0.29) is 11.4 Å². The molecule has 0 amide bonds. The predicted molar refractivity (Wildman–Crippen MR) is 45.7 cm³/mol. The molecule has 0 heterocycles. The Hall–Kier alpha value is -0.890. The highest BCUT2D eigenvalue weighted by molar-refractivity contribution is 5.29. The van der Waals surface area contributed by atoms with Crippen molar-refractivity contribution < 1.29 is 9.50 Å². The average Bonchev–Trinajstić information content (AvgIpc) is 2.09. The molecule has 0 aliphatic heterocycles. The third-order valence-electron chi connectivity index (χ3n) is 1.77. The highest BCUT2D eigenvalue weighted by Crippen LogP contribution is 2.14. The van der Waals surface area contributed by atoms with Crippen molar-refractivity contribution in [3.05, 3.63) is 41.8 Å². The van der Waals surface area contributed by atoms with Crippen LogP contribution < -0.4 is 0 Å². The van der Waals surface area contributed by atoms with Gasteiger partial charge in [0, 0.05) is 5.56 Å². The van der Waals surface area contributed by atoms with E-state index in [2.05, 4.69) is 0 Å². The highest BCUT2D eigenvalue weighted by Gasteiger charge is 2.05. The van der Waals surface area contributed by atoms with Crippen molar-refractivity contribution >= 4 is 0 Å². The number of rotatable bonds is 3. The van der Waals surface area contributed by atoms with Crippen molar-refractivity contribution in [2.45, 2.75) is 19.8 Å². The first kappa shape index (κ1) is 9.20. The molecule has 0 aliphatic carbocycles. The van der Waals surface area contributed by atoms with Crippen LogP contribution in [-0.4, -0.2) is 5.11 Å². The van der Waals surface area contributed by atoms with Crippen LogP contribution in [0.4, 0.5) is 4.39 Å². The van der Waals surface area contributed by atoms with Gasteiger partial charge in [0.1, 0.15) is 12.4 Å². The van der Waals surface area contributed by atoms with Crippen molar-refractivity contribution in [3.8, 4) is 0 Å². The van der Waals surface area contributed by atoms with Crippen molar-refractivity contribution in [1.82, 2.24) is 0 Å². The largest absolute Gasteiger partial charge is 0.385 e. The number of aliphatic hydroxyl groups is 1. The minimum Gasteiger partial charge on any atom is -0.385 e. The van der Waals surface area contributed by atoms with Crippen molar-refractivity contribution in [2.75, 3.05) is 0 Å². The van der Waals surface area contributed by atoms with E-state index in [0.29, 0.717) is 12.0 Å². The molecule has 2 heteroatoms. The Morgan fingerprint density at radius 3 is 2.83 bits per heavy atom. The van der Waals surface area contributed by atoms with Gasteiger partial charge < -0.3 is 5.11 Å². The molecule has 1 N–H and O–H groups in total. The number of halogens is 1. The molecule has 0 bridgehead atoms. The Labute approximate surface area is 71.9 Å². The Kier molecular flexibility index (Phi) is 3.23. The third kappa shape index (κ3) is 1.83. The second-order valence-corrected chi connectivity index (χ2v) is 2.70. The molecule has 12 heavy (non-hydrogen) atoms. The Bertz CT molecular complexity index is 258. The Balaban J connectivity index is 2.97. The standard InChI is InChI=1S/C10H12FO/c1-2-4-8-5-3-6-9(7-12)10(8)11/h3,5-7,12H,2,4H2,1H3. The Morgan fingerprint density at radius 1 is 1.50 bits per heavy atom. The quantitative estimate of drug-likeness (QED) is 0.733. The van der Waals surface area contributed by atoms with Crippen LogP contribution in [-0.2, 0) is 6.42 Å². The summed E-state index contributed by atoms with van der Waals surface area (Å²) in [6.07, 6.45) is 1.62. The zero-order valence-corrected chi connectivity index (χ0v) is 7.05. The van der Waals surface area contributed by atoms with Crippen LogP contribution in [0.1, 0.15) is 24.5 Å². The molecule has 0 spiro atoms. The third-order valence-corrected chi connectivity index (χ3v) is 1.77. The van der Waals surface area contributed by atoms with E-state index in [9.17, 15) is 4.39 Å². The van der Waals surface area contributed by atoms with Gasteiger partial charge >= 0.3 is 0 Å². The SMILES string of the molecule is CCCc1cccc([CH]O)c1F. The zero-order valence-electron chi connectivity index (χ0n) is 7.05. The first-order valence-electron chi connectivity index (χ1n) is 4.04. The fraction of sp³-hybridized carbons (Fsp3) is 0.300. The molecule has 1 radical (unpaired) electrons. The number of hydrogen-bond acceptors (Lipinski definition) is 1. The van der Waals surface area contributed by atoms with Gasteiger partial charge in [0.25, 0.3) is 0 Å².